The highest BCUT2D eigenvalue weighted by Crippen LogP contribution is 2.30. The van der Waals surface area contributed by atoms with E-state index in [0.29, 0.717) is 12.0 Å². The lowest BCUT2D eigenvalue weighted by Crippen LogP contribution is -2.47. The molecule has 5 nitrogen and oxygen atoms in total. The van der Waals surface area contributed by atoms with Crippen LogP contribution in [-0.4, -0.2) is 34.0 Å². The van der Waals surface area contributed by atoms with E-state index >= 15 is 0 Å². The van der Waals surface area contributed by atoms with Crippen molar-refractivity contribution in [3.8, 4) is 5.75 Å². The van der Waals surface area contributed by atoms with Gasteiger partial charge in [-0.1, -0.05) is 12.1 Å². The largest absolute Gasteiger partial charge is 0.508 e. The Hall–Kier alpha value is -2.04. The van der Waals surface area contributed by atoms with Crippen LogP contribution in [0.5, 0.6) is 5.75 Å². The first-order chi connectivity index (χ1) is 9.31. The Balaban J connectivity index is 2.28. The van der Waals surface area contributed by atoms with Crippen molar-refractivity contribution in [2.24, 2.45) is 0 Å². The van der Waals surface area contributed by atoms with E-state index in [1.807, 2.05) is 6.07 Å². The molecule has 0 aliphatic carbocycles. The summed E-state index contributed by atoms with van der Waals surface area (Å²) in [7, 11) is 0. The van der Waals surface area contributed by atoms with Gasteiger partial charge in [0.05, 0.1) is 12.6 Å². The molecule has 2 rings (SSSR count). The SMILES string of the molecule is CC(C)(C)OC(=O)N1Cc2c(O)cccc2CC1C=O. The monoisotopic (exact) mass is 277 g/mol. The molecule has 1 aromatic rings. The summed E-state index contributed by atoms with van der Waals surface area (Å²) >= 11 is 0. The van der Waals surface area contributed by atoms with Gasteiger partial charge in [0.2, 0.25) is 0 Å². The molecular weight excluding hydrogens is 258 g/mol. The molecule has 1 aliphatic heterocycles. The number of nitrogens with zero attached hydrogens (tertiary/aromatic N) is 1. The second-order valence-electron chi connectivity index (χ2n) is 5.93. The van der Waals surface area contributed by atoms with Crippen LogP contribution in [0.15, 0.2) is 18.2 Å². The fraction of sp³-hybridized carbons (Fsp3) is 0.467. The maximum Gasteiger partial charge on any atom is 0.411 e. The molecule has 0 aromatic heterocycles. The Morgan fingerprint density at radius 3 is 2.75 bits per heavy atom. The Labute approximate surface area is 118 Å². The number of phenolic OH excluding ortho intramolecular Hbond substituents is 1. The number of amides is 1. The van der Waals surface area contributed by atoms with Crippen LogP contribution in [0, 0.1) is 0 Å². The minimum absolute atomic E-state index is 0.139. The van der Waals surface area contributed by atoms with Crippen LogP contribution in [0.2, 0.25) is 0 Å². The third-order valence-corrected chi connectivity index (χ3v) is 3.19. The summed E-state index contributed by atoms with van der Waals surface area (Å²) in [4.78, 5) is 24.8. The van der Waals surface area contributed by atoms with Gasteiger partial charge in [-0.25, -0.2) is 4.79 Å². The summed E-state index contributed by atoms with van der Waals surface area (Å²) in [6.07, 6.45) is 0.604. The molecule has 108 valence electrons. The van der Waals surface area contributed by atoms with Gasteiger partial charge in [-0.3, -0.25) is 4.90 Å². The quantitative estimate of drug-likeness (QED) is 0.799. The Morgan fingerprint density at radius 2 is 2.15 bits per heavy atom. The van der Waals surface area contributed by atoms with E-state index in [9.17, 15) is 14.7 Å². The first-order valence-corrected chi connectivity index (χ1v) is 6.56. The van der Waals surface area contributed by atoms with E-state index in [1.165, 1.54) is 4.90 Å². The first kappa shape index (κ1) is 14.4. The second-order valence-corrected chi connectivity index (χ2v) is 5.93. The molecule has 1 atom stereocenters. The topological polar surface area (TPSA) is 66.8 Å². The zero-order valence-corrected chi connectivity index (χ0v) is 11.9. The van der Waals surface area contributed by atoms with Crippen molar-refractivity contribution in [1.29, 1.82) is 0 Å². The molecular formula is C15H19NO4. The number of ether oxygens (including phenoxy) is 1. The van der Waals surface area contributed by atoms with Crippen molar-refractivity contribution < 1.29 is 19.4 Å². The highest BCUT2D eigenvalue weighted by molar-refractivity contribution is 5.75. The standard InChI is InChI=1S/C15H19NO4/c1-15(2,3)20-14(19)16-8-12-10(7-11(16)9-17)5-4-6-13(12)18/h4-6,9,11,18H,7-8H2,1-3H3. The van der Waals surface area contributed by atoms with Gasteiger partial charge in [-0.15, -0.1) is 0 Å². The number of carbonyl (C=O) groups excluding carboxylic acids is 2. The minimum Gasteiger partial charge on any atom is -0.508 e. The molecule has 1 N–H and O–H groups in total. The van der Waals surface area contributed by atoms with Crippen LogP contribution < -0.4 is 0 Å². The number of benzene rings is 1. The molecule has 5 heteroatoms. The van der Waals surface area contributed by atoms with Crippen LogP contribution in [0.4, 0.5) is 4.79 Å². The number of aromatic hydroxyl groups is 1. The molecule has 1 unspecified atom stereocenters. The zero-order chi connectivity index (χ0) is 14.9. The molecule has 1 amide bonds. The van der Waals surface area contributed by atoms with Gasteiger partial charge in [0, 0.05) is 12.0 Å². The lowest BCUT2D eigenvalue weighted by Gasteiger charge is -2.35. The van der Waals surface area contributed by atoms with Crippen LogP contribution in [-0.2, 0) is 22.5 Å². The summed E-state index contributed by atoms with van der Waals surface area (Å²) in [5.74, 6) is 0.139. The zero-order valence-electron chi connectivity index (χ0n) is 11.9. The van der Waals surface area contributed by atoms with E-state index in [1.54, 1.807) is 32.9 Å². The van der Waals surface area contributed by atoms with Crippen molar-refractivity contribution >= 4 is 12.4 Å². The number of fused-ring (bicyclic) bond motifs is 1. The molecule has 1 aromatic carbocycles. The summed E-state index contributed by atoms with van der Waals surface area (Å²) in [6, 6.07) is 4.61. The smallest absolute Gasteiger partial charge is 0.411 e. The average Bonchev–Trinajstić information content (AvgIpc) is 2.35. The number of hydrogen-bond acceptors (Lipinski definition) is 4. The summed E-state index contributed by atoms with van der Waals surface area (Å²) in [5, 5.41) is 9.88. The molecule has 0 radical (unpaired) electrons. The van der Waals surface area contributed by atoms with Gasteiger partial charge in [-0.2, -0.15) is 0 Å². The molecule has 0 spiro atoms. The predicted octanol–water partition coefficient (Wildman–Crippen LogP) is 2.25. The third kappa shape index (κ3) is 2.92. The van der Waals surface area contributed by atoms with Crippen LogP contribution >= 0.6 is 0 Å². The third-order valence-electron chi connectivity index (χ3n) is 3.19. The van der Waals surface area contributed by atoms with Gasteiger partial charge in [0.25, 0.3) is 0 Å². The van der Waals surface area contributed by atoms with Gasteiger partial charge in [0.1, 0.15) is 17.6 Å². The number of phenols is 1. The maximum atomic E-state index is 12.2. The number of rotatable bonds is 1. The summed E-state index contributed by atoms with van der Waals surface area (Å²) < 4.78 is 5.31. The Kier molecular flexibility index (Phi) is 3.70. The maximum absolute atomic E-state index is 12.2. The van der Waals surface area contributed by atoms with Gasteiger partial charge in [0.15, 0.2) is 0 Å². The number of carbonyl (C=O) groups is 2. The summed E-state index contributed by atoms with van der Waals surface area (Å²) in [6.45, 7) is 5.50. The van der Waals surface area contributed by atoms with Crippen molar-refractivity contribution in [2.45, 2.75) is 45.4 Å². The van der Waals surface area contributed by atoms with Crippen molar-refractivity contribution in [3.63, 3.8) is 0 Å². The van der Waals surface area contributed by atoms with Crippen LogP contribution in [0.3, 0.4) is 0 Å². The molecule has 20 heavy (non-hydrogen) atoms. The number of hydrogen-bond donors (Lipinski definition) is 1. The van der Waals surface area contributed by atoms with E-state index in [-0.39, 0.29) is 12.3 Å². The molecule has 0 saturated heterocycles. The molecule has 0 bridgehead atoms. The van der Waals surface area contributed by atoms with E-state index in [0.717, 1.165) is 11.8 Å². The molecule has 1 aliphatic rings. The normalized spacial score (nSPS) is 18.4. The Morgan fingerprint density at radius 1 is 1.45 bits per heavy atom. The molecule has 1 heterocycles. The van der Waals surface area contributed by atoms with Crippen molar-refractivity contribution in [1.82, 2.24) is 4.90 Å². The highest BCUT2D eigenvalue weighted by atomic mass is 16.6. The minimum atomic E-state index is -0.622. The Bertz CT molecular complexity index is 533. The van der Waals surface area contributed by atoms with E-state index in [4.69, 9.17) is 4.74 Å². The lowest BCUT2D eigenvalue weighted by molar-refractivity contribution is -0.113. The van der Waals surface area contributed by atoms with Crippen molar-refractivity contribution in [3.05, 3.63) is 29.3 Å². The average molecular weight is 277 g/mol. The van der Waals surface area contributed by atoms with Gasteiger partial charge in [-0.05, 0) is 32.4 Å². The molecule has 0 fully saturated rings. The predicted molar refractivity (Wildman–Crippen MR) is 73.4 cm³/mol. The fourth-order valence-corrected chi connectivity index (χ4v) is 2.26. The van der Waals surface area contributed by atoms with E-state index < -0.39 is 17.7 Å². The summed E-state index contributed by atoms with van der Waals surface area (Å²) in [5.41, 5.74) is 0.946. The van der Waals surface area contributed by atoms with E-state index in [2.05, 4.69) is 0 Å². The number of aldehydes is 1. The molecule has 0 saturated carbocycles. The first-order valence-electron chi connectivity index (χ1n) is 6.56. The van der Waals surface area contributed by atoms with Gasteiger partial charge < -0.3 is 14.6 Å². The lowest BCUT2D eigenvalue weighted by atomic mass is 9.94. The van der Waals surface area contributed by atoms with Crippen LogP contribution in [0.1, 0.15) is 31.9 Å². The van der Waals surface area contributed by atoms with Crippen LogP contribution in [0.25, 0.3) is 0 Å². The fourth-order valence-electron chi connectivity index (χ4n) is 2.26. The second kappa shape index (κ2) is 5.15. The van der Waals surface area contributed by atoms with Gasteiger partial charge >= 0.3 is 6.09 Å². The van der Waals surface area contributed by atoms with Crippen molar-refractivity contribution in [2.75, 3.05) is 0 Å². The highest BCUT2D eigenvalue weighted by Gasteiger charge is 2.33.